The van der Waals surface area contributed by atoms with Crippen LogP contribution in [0.3, 0.4) is 0 Å². The molecule has 0 unspecified atom stereocenters. The molecule has 11 rings (SSSR count). The van der Waals surface area contributed by atoms with Crippen molar-refractivity contribution >= 4 is 40.9 Å². The molecule has 13 nitrogen and oxygen atoms in total. The molecule has 0 radical (unpaired) electrons. The van der Waals surface area contributed by atoms with E-state index in [2.05, 4.69) is 44.4 Å². The number of carbonyl (C=O) groups is 4. The van der Waals surface area contributed by atoms with E-state index >= 15 is 19.2 Å². The molecule has 0 aliphatic carbocycles. The standard InChI is InChI=1S/C63H58N6O7/c1-42(45-19-9-4-10-20-45)64-62(74)68-53-34-25-43(18-15-35-66(2)41-44-16-7-3-8-17-44)40-52(53)63(61(68)73)54(59(71)65-49-28-30-50(31-29-49)67-36-38-75-39-37-67)56-60(72)76-57(47-23-13-6-14-24-47)55(46-21-11-5-12-22-46)69(56)58(63)48-26-32-51(70)33-27-48/h3-14,16-17,19-34,40,42,54-58,70H,35-39,41H2,1-2H3,(H,64,74)(H,65,71)/t42-,54-,55-,56-,57+,58+,63-/m1/s1. The van der Waals surface area contributed by atoms with Gasteiger partial charge >= 0.3 is 12.0 Å². The zero-order chi connectivity index (χ0) is 52.3. The van der Waals surface area contributed by atoms with Gasteiger partial charge < -0.3 is 30.1 Å². The number of anilines is 3. The van der Waals surface area contributed by atoms with Gasteiger partial charge in [0.15, 0.2) is 0 Å². The van der Waals surface area contributed by atoms with Gasteiger partial charge in [0.25, 0.3) is 0 Å². The van der Waals surface area contributed by atoms with E-state index in [4.69, 9.17) is 9.47 Å². The molecule has 3 fully saturated rings. The van der Waals surface area contributed by atoms with E-state index in [9.17, 15) is 5.11 Å². The second-order valence-corrected chi connectivity index (χ2v) is 19.9. The maximum atomic E-state index is 16.8. The van der Waals surface area contributed by atoms with E-state index in [1.165, 1.54) is 12.1 Å². The first-order valence-corrected chi connectivity index (χ1v) is 25.8. The van der Waals surface area contributed by atoms with Crippen molar-refractivity contribution < 1.29 is 33.8 Å². The molecule has 3 saturated heterocycles. The van der Waals surface area contributed by atoms with Gasteiger partial charge in [-0.2, -0.15) is 0 Å². The average Bonchev–Trinajstić information content (AvgIpc) is 4.14. The number of phenols is 1. The molecule has 13 heteroatoms. The summed E-state index contributed by atoms with van der Waals surface area (Å²) < 4.78 is 12.3. The van der Waals surface area contributed by atoms with E-state index in [0.717, 1.165) is 27.3 Å². The molecule has 3 N–H and O–H groups in total. The number of cyclic esters (lactones) is 1. The van der Waals surface area contributed by atoms with Gasteiger partial charge in [-0.1, -0.05) is 145 Å². The Bertz CT molecular complexity index is 3290. The molecule has 1 spiro atoms. The molecule has 382 valence electrons. The Morgan fingerprint density at radius 3 is 2.05 bits per heavy atom. The lowest BCUT2D eigenvalue weighted by atomic mass is 9.65. The van der Waals surface area contributed by atoms with Crippen molar-refractivity contribution in [3.8, 4) is 17.6 Å². The number of aromatic hydroxyl groups is 1. The molecule has 7 atom stereocenters. The lowest BCUT2D eigenvalue weighted by Crippen LogP contribution is -2.55. The third-order valence-electron chi connectivity index (χ3n) is 15.2. The third-order valence-corrected chi connectivity index (χ3v) is 15.2. The summed E-state index contributed by atoms with van der Waals surface area (Å²) in [6.07, 6.45) is -0.911. The summed E-state index contributed by atoms with van der Waals surface area (Å²) in [5, 5.41) is 17.2. The number of morpholine rings is 2. The highest BCUT2D eigenvalue weighted by Gasteiger charge is 2.75. The van der Waals surface area contributed by atoms with Gasteiger partial charge in [0.05, 0.1) is 49.5 Å². The van der Waals surface area contributed by atoms with E-state index < -0.39 is 65.4 Å². The first kappa shape index (κ1) is 49.7. The van der Waals surface area contributed by atoms with Gasteiger partial charge in [-0.15, -0.1) is 0 Å². The maximum Gasteiger partial charge on any atom is 0.329 e. The summed E-state index contributed by atoms with van der Waals surface area (Å²) in [5.41, 5.74) is 4.45. The zero-order valence-electron chi connectivity index (χ0n) is 42.3. The van der Waals surface area contributed by atoms with Gasteiger partial charge in [0.2, 0.25) is 11.8 Å². The summed E-state index contributed by atoms with van der Waals surface area (Å²) in [7, 11) is 1.99. The first-order chi connectivity index (χ1) is 37.1. The van der Waals surface area contributed by atoms with Gasteiger partial charge in [-0.25, -0.2) is 9.69 Å². The van der Waals surface area contributed by atoms with Gasteiger partial charge in [-0.05, 0) is 102 Å². The number of fused-ring (bicyclic) bond motifs is 3. The number of phenolic OH excluding ortho intramolecular Hbond substituents is 1. The number of amides is 4. The monoisotopic (exact) mass is 1010 g/mol. The van der Waals surface area contributed by atoms with Gasteiger partial charge in [0.1, 0.15) is 23.3 Å². The molecule has 4 aliphatic rings. The Morgan fingerprint density at radius 1 is 0.750 bits per heavy atom. The maximum absolute atomic E-state index is 16.8. The quantitative estimate of drug-likeness (QED) is 0.0847. The van der Waals surface area contributed by atoms with Crippen LogP contribution < -0.4 is 20.4 Å². The Hall–Kier alpha value is -8.54. The molecular weight excluding hydrogens is 953 g/mol. The molecule has 4 heterocycles. The zero-order valence-corrected chi connectivity index (χ0v) is 42.3. The van der Waals surface area contributed by atoms with Crippen LogP contribution in [0.15, 0.2) is 188 Å². The fourth-order valence-corrected chi connectivity index (χ4v) is 11.7. The van der Waals surface area contributed by atoms with Crippen LogP contribution in [0.5, 0.6) is 5.75 Å². The number of nitrogens with zero attached hydrogens (tertiary/aromatic N) is 4. The number of benzene rings is 7. The number of nitrogens with one attached hydrogen (secondary N) is 2. The molecule has 7 aromatic carbocycles. The fourth-order valence-electron chi connectivity index (χ4n) is 11.7. The van der Waals surface area contributed by atoms with Crippen molar-refractivity contribution in [3.05, 3.63) is 227 Å². The summed E-state index contributed by atoms with van der Waals surface area (Å²) in [4.78, 5) is 71.2. The van der Waals surface area contributed by atoms with Crippen LogP contribution in [0, 0.1) is 17.8 Å². The highest BCUT2D eigenvalue weighted by atomic mass is 16.6. The second-order valence-electron chi connectivity index (χ2n) is 19.9. The Morgan fingerprint density at radius 2 is 1.38 bits per heavy atom. The van der Waals surface area contributed by atoms with E-state index in [-0.39, 0.29) is 11.4 Å². The molecule has 4 amide bonds. The van der Waals surface area contributed by atoms with E-state index in [1.807, 2.05) is 158 Å². The average molecular weight is 1010 g/mol. The van der Waals surface area contributed by atoms with Crippen LogP contribution in [0.4, 0.5) is 21.9 Å². The first-order valence-electron chi connectivity index (χ1n) is 25.8. The summed E-state index contributed by atoms with van der Waals surface area (Å²) in [5.74, 6) is 3.08. The second kappa shape index (κ2) is 21.4. The molecule has 4 aliphatic heterocycles. The minimum atomic E-state index is -2.03. The Labute approximate surface area is 442 Å². The van der Waals surface area contributed by atoms with Crippen LogP contribution >= 0.6 is 0 Å². The smallest absolute Gasteiger partial charge is 0.329 e. The lowest BCUT2D eigenvalue weighted by molar-refractivity contribution is -0.177. The molecule has 0 saturated carbocycles. The van der Waals surface area contributed by atoms with Crippen LogP contribution in [-0.4, -0.2) is 84.7 Å². The number of urea groups is 1. The molecule has 0 bridgehead atoms. The highest BCUT2D eigenvalue weighted by molar-refractivity contribution is 6.25. The van der Waals surface area contributed by atoms with Crippen molar-refractivity contribution in [2.24, 2.45) is 5.92 Å². The SMILES string of the molecule is C[C@@H](NC(=O)N1C(=O)[C@@]2(c3cc(C#CCN(C)Cc4ccccc4)ccc31)[C@H](c1ccc(O)cc1)N1[C@H](c3ccccc3)[C@H](c3ccccc3)OC(=O)[C@H]1[C@@H]2C(=O)Nc1ccc(N2CCOCC2)cc1)c1ccccc1. The molecular formula is C63H58N6O7. The number of imide groups is 1. The summed E-state index contributed by atoms with van der Waals surface area (Å²) in [6.45, 7) is 5.56. The normalized spacial score (nSPS) is 22.3. The minimum absolute atomic E-state index is 0.0224. The predicted molar refractivity (Wildman–Crippen MR) is 291 cm³/mol. The topological polar surface area (TPSA) is 144 Å². The van der Waals surface area contributed by atoms with Crippen molar-refractivity contribution in [1.29, 1.82) is 0 Å². The van der Waals surface area contributed by atoms with Gasteiger partial charge in [-0.3, -0.25) is 24.2 Å². The minimum Gasteiger partial charge on any atom is -0.508 e. The summed E-state index contributed by atoms with van der Waals surface area (Å²) in [6, 6.07) is 53.4. The Kier molecular flexibility index (Phi) is 14.0. The van der Waals surface area contributed by atoms with Crippen molar-refractivity contribution in [2.75, 3.05) is 55.0 Å². The number of hydrogen-bond acceptors (Lipinski definition) is 10. The number of esters is 1. The van der Waals surface area contributed by atoms with E-state index in [1.54, 1.807) is 24.3 Å². The summed E-state index contributed by atoms with van der Waals surface area (Å²) >= 11 is 0. The number of carbonyl (C=O) groups excluding carboxylic acids is 4. The van der Waals surface area contributed by atoms with Crippen molar-refractivity contribution in [2.45, 2.75) is 49.2 Å². The number of hydrogen-bond donors (Lipinski definition) is 3. The highest BCUT2D eigenvalue weighted by Crippen LogP contribution is 2.66. The largest absolute Gasteiger partial charge is 0.508 e. The van der Waals surface area contributed by atoms with Crippen LogP contribution in [0.1, 0.15) is 70.1 Å². The van der Waals surface area contributed by atoms with E-state index in [0.29, 0.717) is 67.3 Å². The molecule has 7 aromatic rings. The van der Waals surface area contributed by atoms with Gasteiger partial charge in [0, 0.05) is 36.6 Å². The fraction of sp³-hybridized carbons (Fsp3) is 0.238. The lowest BCUT2D eigenvalue weighted by Gasteiger charge is -2.46. The van der Waals surface area contributed by atoms with Crippen molar-refractivity contribution in [1.82, 2.24) is 15.1 Å². The molecule has 76 heavy (non-hydrogen) atoms. The third kappa shape index (κ3) is 9.36. The van der Waals surface area contributed by atoms with Crippen LogP contribution in [0.25, 0.3) is 0 Å². The van der Waals surface area contributed by atoms with Crippen molar-refractivity contribution in [3.63, 3.8) is 0 Å². The van der Waals surface area contributed by atoms with Crippen LogP contribution in [0.2, 0.25) is 0 Å². The number of rotatable bonds is 11. The van der Waals surface area contributed by atoms with Crippen LogP contribution in [-0.2, 0) is 35.8 Å². The molecule has 0 aromatic heterocycles. The predicted octanol–water partition coefficient (Wildman–Crippen LogP) is 9.49. The Balaban J connectivity index is 1.12. The number of ether oxygens (including phenoxy) is 2.